The summed E-state index contributed by atoms with van der Waals surface area (Å²) < 4.78 is 0. The first-order valence-corrected chi connectivity index (χ1v) is 6.82. The molecule has 0 aliphatic rings. The minimum absolute atomic E-state index is 0.0191. The third-order valence-corrected chi connectivity index (χ3v) is 2.80. The number of carbonyl (C=O) groups is 1. The molecule has 0 aliphatic carbocycles. The van der Waals surface area contributed by atoms with Gasteiger partial charge in [-0.25, -0.2) is 4.98 Å². The summed E-state index contributed by atoms with van der Waals surface area (Å²) in [5.41, 5.74) is 0.324. The second-order valence-corrected chi connectivity index (χ2v) is 4.40. The molecule has 0 radical (unpaired) electrons. The maximum atomic E-state index is 11.7. The molecular weight excluding hydrogens is 278 g/mol. The summed E-state index contributed by atoms with van der Waals surface area (Å²) in [4.78, 5) is 24.7. The van der Waals surface area contributed by atoms with Crippen LogP contribution in [0.3, 0.4) is 0 Å². The van der Waals surface area contributed by atoms with Crippen LogP contribution in [-0.2, 0) is 0 Å². The number of hydrogen-bond donors (Lipinski definition) is 1. The van der Waals surface area contributed by atoms with Crippen molar-refractivity contribution in [3.05, 3.63) is 42.1 Å². The Labute approximate surface area is 119 Å². The van der Waals surface area contributed by atoms with Crippen molar-refractivity contribution >= 4 is 23.8 Å². The third kappa shape index (κ3) is 3.79. The normalized spacial score (nSPS) is 10.7. The predicted molar refractivity (Wildman–Crippen MR) is 75.4 cm³/mol. The summed E-state index contributed by atoms with van der Waals surface area (Å²) in [6.07, 6.45) is 4.41. The molecule has 0 unspecified atom stereocenters. The molecule has 102 valence electrons. The lowest BCUT2D eigenvalue weighted by Crippen LogP contribution is -2.01. The van der Waals surface area contributed by atoms with Crippen LogP contribution in [0.1, 0.15) is 10.4 Å². The van der Waals surface area contributed by atoms with Crippen LogP contribution in [0.5, 0.6) is 11.6 Å². The Morgan fingerprint density at radius 3 is 3.05 bits per heavy atom. The SMILES string of the molecule is CSc1nccc(O/N=C/C(=O)c2cccc(O)c2)n1. The summed E-state index contributed by atoms with van der Waals surface area (Å²) in [5.74, 6) is -0.102. The van der Waals surface area contributed by atoms with E-state index < -0.39 is 0 Å². The lowest BCUT2D eigenvalue weighted by atomic mass is 10.1. The zero-order chi connectivity index (χ0) is 14.4. The number of hydrogen-bond acceptors (Lipinski definition) is 7. The minimum atomic E-state index is -0.375. The number of thioether (sulfide) groups is 1. The van der Waals surface area contributed by atoms with E-state index >= 15 is 0 Å². The average Bonchev–Trinajstić information content (AvgIpc) is 2.47. The molecule has 7 heteroatoms. The number of aromatic hydroxyl groups is 1. The molecule has 0 bridgehead atoms. The number of rotatable bonds is 5. The van der Waals surface area contributed by atoms with Gasteiger partial charge in [0.1, 0.15) is 12.0 Å². The number of benzene rings is 1. The molecule has 20 heavy (non-hydrogen) atoms. The highest BCUT2D eigenvalue weighted by molar-refractivity contribution is 7.98. The van der Waals surface area contributed by atoms with Crippen LogP contribution in [0.15, 0.2) is 46.8 Å². The van der Waals surface area contributed by atoms with Crippen LogP contribution in [0.2, 0.25) is 0 Å². The van der Waals surface area contributed by atoms with E-state index in [4.69, 9.17) is 4.84 Å². The Kier molecular flexibility index (Phi) is 4.67. The lowest BCUT2D eigenvalue weighted by Gasteiger charge is -1.99. The van der Waals surface area contributed by atoms with Crippen molar-refractivity contribution in [1.29, 1.82) is 0 Å². The van der Waals surface area contributed by atoms with Crippen LogP contribution in [0.4, 0.5) is 0 Å². The molecule has 0 fully saturated rings. The maximum absolute atomic E-state index is 11.7. The van der Waals surface area contributed by atoms with Gasteiger partial charge in [0.05, 0.1) is 0 Å². The summed E-state index contributed by atoms with van der Waals surface area (Å²) in [6.45, 7) is 0. The van der Waals surface area contributed by atoms with Gasteiger partial charge in [-0.1, -0.05) is 29.1 Å². The van der Waals surface area contributed by atoms with Crippen LogP contribution in [0, 0.1) is 0 Å². The standard InChI is InChI=1S/C13H11N3O3S/c1-20-13-14-6-5-12(16-13)19-15-8-11(18)9-3-2-4-10(17)7-9/h2-8,17H,1H3/b15-8+. The molecule has 0 saturated carbocycles. The molecule has 2 aromatic rings. The molecule has 0 atom stereocenters. The predicted octanol–water partition coefficient (Wildman–Crippen LogP) is 2.15. The van der Waals surface area contributed by atoms with Crippen LogP contribution in [0.25, 0.3) is 0 Å². The van der Waals surface area contributed by atoms with E-state index in [-0.39, 0.29) is 17.4 Å². The molecule has 2 rings (SSSR count). The molecule has 0 amide bonds. The molecule has 1 N–H and O–H groups in total. The lowest BCUT2D eigenvalue weighted by molar-refractivity contribution is 0.106. The van der Waals surface area contributed by atoms with Gasteiger partial charge in [-0.05, 0) is 18.4 Å². The highest BCUT2D eigenvalue weighted by Crippen LogP contribution is 2.13. The highest BCUT2D eigenvalue weighted by atomic mass is 32.2. The molecule has 6 nitrogen and oxygen atoms in total. The molecule has 1 heterocycles. The summed E-state index contributed by atoms with van der Waals surface area (Å²) in [6, 6.07) is 7.52. The quantitative estimate of drug-likeness (QED) is 0.298. The Bertz CT molecular complexity index is 646. The minimum Gasteiger partial charge on any atom is -0.508 e. The fourth-order valence-electron chi connectivity index (χ4n) is 1.34. The van der Waals surface area contributed by atoms with Gasteiger partial charge in [-0.3, -0.25) is 4.79 Å². The van der Waals surface area contributed by atoms with Gasteiger partial charge in [0.15, 0.2) is 5.16 Å². The Morgan fingerprint density at radius 1 is 1.45 bits per heavy atom. The van der Waals surface area contributed by atoms with Crippen molar-refractivity contribution in [2.45, 2.75) is 5.16 Å². The molecule has 0 spiro atoms. The van der Waals surface area contributed by atoms with E-state index in [2.05, 4.69) is 15.1 Å². The smallest absolute Gasteiger partial charge is 0.252 e. The first kappa shape index (κ1) is 14.0. The van der Waals surface area contributed by atoms with Crippen molar-refractivity contribution in [3.8, 4) is 11.6 Å². The highest BCUT2D eigenvalue weighted by Gasteiger charge is 2.04. The van der Waals surface area contributed by atoms with Gasteiger partial charge in [-0.2, -0.15) is 4.98 Å². The molecule has 1 aromatic carbocycles. The Hall–Kier alpha value is -2.41. The van der Waals surface area contributed by atoms with Gasteiger partial charge < -0.3 is 9.94 Å². The first-order chi connectivity index (χ1) is 9.69. The summed E-state index contributed by atoms with van der Waals surface area (Å²) in [5, 5.41) is 13.4. The van der Waals surface area contributed by atoms with Gasteiger partial charge in [0.2, 0.25) is 5.78 Å². The van der Waals surface area contributed by atoms with Gasteiger partial charge in [0.25, 0.3) is 5.88 Å². The van der Waals surface area contributed by atoms with Gasteiger partial charge in [-0.15, -0.1) is 0 Å². The van der Waals surface area contributed by atoms with E-state index in [0.717, 1.165) is 6.21 Å². The molecule has 0 aliphatic heterocycles. The number of ketones is 1. The van der Waals surface area contributed by atoms with E-state index in [1.807, 2.05) is 6.26 Å². The number of Topliss-reactive ketones (excluding diaryl/α,β-unsaturated/α-hetero) is 1. The van der Waals surface area contributed by atoms with E-state index in [1.54, 1.807) is 18.3 Å². The Morgan fingerprint density at radius 2 is 2.30 bits per heavy atom. The van der Waals surface area contributed by atoms with Gasteiger partial charge >= 0.3 is 0 Å². The largest absolute Gasteiger partial charge is 0.508 e. The van der Waals surface area contributed by atoms with E-state index in [9.17, 15) is 9.90 Å². The van der Waals surface area contributed by atoms with Crippen LogP contribution < -0.4 is 4.84 Å². The maximum Gasteiger partial charge on any atom is 0.252 e. The number of oxime groups is 1. The molecule has 0 saturated heterocycles. The fraction of sp³-hybridized carbons (Fsp3) is 0.0769. The zero-order valence-corrected chi connectivity index (χ0v) is 11.4. The fourth-order valence-corrected chi connectivity index (χ4v) is 1.68. The number of phenols is 1. The van der Waals surface area contributed by atoms with Crippen molar-refractivity contribution < 1.29 is 14.7 Å². The third-order valence-electron chi connectivity index (χ3n) is 2.24. The van der Waals surface area contributed by atoms with Crippen molar-refractivity contribution in [2.75, 3.05) is 6.26 Å². The average molecular weight is 289 g/mol. The molecular formula is C13H11N3O3S. The van der Waals surface area contributed by atoms with E-state index in [0.29, 0.717) is 10.7 Å². The second kappa shape index (κ2) is 6.67. The monoisotopic (exact) mass is 289 g/mol. The van der Waals surface area contributed by atoms with Crippen molar-refractivity contribution in [2.24, 2.45) is 5.16 Å². The second-order valence-electron chi connectivity index (χ2n) is 3.62. The molecule has 1 aromatic heterocycles. The summed E-state index contributed by atoms with van der Waals surface area (Å²) in [7, 11) is 0. The number of aromatic nitrogens is 2. The zero-order valence-electron chi connectivity index (χ0n) is 10.6. The van der Waals surface area contributed by atoms with Crippen molar-refractivity contribution in [3.63, 3.8) is 0 Å². The number of carbonyl (C=O) groups excluding carboxylic acids is 1. The van der Waals surface area contributed by atoms with Crippen LogP contribution >= 0.6 is 11.8 Å². The van der Waals surface area contributed by atoms with Crippen LogP contribution in [-0.4, -0.2) is 33.3 Å². The van der Waals surface area contributed by atoms with Crippen molar-refractivity contribution in [1.82, 2.24) is 9.97 Å². The Balaban J connectivity index is 2.01. The first-order valence-electron chi connectivity index (χ1n) is 5.60. The van der Waals surface area contributed by atoms with Gasteiger partial charge in [0, 0.05) is 17.8 Å². The van der Waals surface area contributed by atoms with E-state index in [1.165, 1.54) is 30.0 Å². The summed E-state index contributed by atoms with van der Waals surface area (Å²) >= 11 is 1.37. The number of phenolic OH excluding ortho intramolecular Hbond substituents is 1. The topological polar surface area (TPSA) is 84.7 Å². The number of nitrogens with zero attached hydrogens (tertiary/aromatic N) is 3.